The third-order valence-corrected chi connectivity index (χ3v) is 1.69. The van der Waals surface area contributed by atoms with Gasteiger partial charge in [0.1, 0.15) is 0 Å². The standard InChI is InChI=1S/C7H14N2O2/c10-4-6(5-11)9-7-2-1-3-8-7/h6,10-11H,1-5H2,(H,8,9). The number of amidine groups is 1. The predicted molar refractivity (Wildman–Crippen MR) is 42.6 cm³/mol. The van der Waals surface area contributed by atoms with Crippen molar-refractivity contribution in [1.29, 1.82) is 0 Å². The molecular formula is C7H14N2O2. The van der Waals surface area contributed by atoms with Gasteiger partial charge in [-0.2, -0.15) is 0 Å². The van der Waals surface area contributed by atoms with Gasteiger partial charge in [-0.1, -0.05) is 0 Å². The number of aliphatic hydroxyl groups is 2. The number of aliphatic hydroxyl groups excluding tert-OH is 2. The van der Waals surface area contributed by atoms with Crippen molar-refractivity contribution in [3.05, 3.63) is 0 Å². The van der Waals surface area contributed by atoms with E-state index in [0.717, 1.165) is 25.2 Å². The second-order valence-electron chi connectivity index (χ2n) is 2.64. The molecule has 1 aliphatic rings. The highest BCUT2D eigenvalue weighted by atomic mass is 16.3. The van der Waals surface area contributed by atoms with Gasteiger partial charge in [-0.05, 0) is 6.42 Å². The predicted octanol–water partition coefficient (Wildman–Crippen LogP) is -0.879. The molecule has 0 amide bonds. The number of nitrogens with zero attached hydrogens (tertiary/aromatic N) is 1. The van der Waals surface area contributed by atoms with Crippen LogP contribution in [0.1, 0.15) is 12.8 Å². The third kappa shape index (κ3) is 2.48. The van der Waals surface area contributed by atoms with E-state index in [2.05, 4.69) is 10.3 Å². The first-order chi connectivity index (χ1) is 5.36. The van der Waals surface area contributed by atoms with E-state index in [0.29, 0.717) is 0 Å². The maximum absolute atomic E-state index is 8.71. The molecule has 11 heavy (non-hydrogen) atoms. The van der Waals surface area contributed by atoms with Crippen LogP contribution >= 0.6 is 0 Å². The van der Waals surface area contributed by atoms with Crippen molar-refractivity contribution in [2.45, 2.75) is 18.9 Å². The van der Waals surface area contributed by atoms with Gasteiger partial charge in [0, 0.05) is 13.0 Å². The largest absolute Gasteiger partial charge is 0.394 e. The fourth-order valence-corrected chi connectivity index (χ4v) is 1.04. The lowest BCUT2D eigenvalue weighted by molar-refractivity contribution is 0.183. The Morgan fingerprint density at radius 1 is 1.45 bits per heavy atom. The molecule has 0 radical (unpaired) electrons. The normalized spacial score (nSPS) is 17.2. The van der Waals surface area contributed by atoms with Crippen molar-refractivity contribution in [3.8, 4) is 0 Å². The van der Waals surface area contributed by atoms with Gasteiger partial charge in [-0.3, -0.25) is 4.99 Å². The van der Waals surface area contributed by atoms with Crippen LogP contribution in [0.4, 0.5) is 0 Å². The fourth-order valence-electron chi connectivity index (χ4n) is 1.04. The fraction of sp³-hybridized carbons (Fsp3) is 0.857. The summed E-state index contributed by atoms with van der Waals surface area (Å²) < 4.78 is 0. The molecule has 0 aromatic rings. The molecule has 0 spiro atoms. The molecule has 4 nitrogen and oxygen atoms in total. The molecule has 0 unspecified atom stereocenters. The highest BCUT2D eigenvalue weighted by Gasteiger charge is 2.10. The minimum Gasteiger partial charge on any atom is -0.394 e. The first kappa shape index (κ1) is 8.49. The van der Waals surface area contributed by atoms with E-state index < -0.39 is 0 Å². The van der Waals surface area contributed by atoms with Gasteiger partial charge >= 0.3 is 0 Å². The number of nitrogens with one attached hydrogen (secondary N) is 1. The Labute approximate surface area is 66.0 Å². The van der Waals surface area contributed by atoms with Crippen molar-refractivity contribution in [2.75, 3.05) is 19.8 Å². The first-order valence-corrected chi connectivity index (χ1v) is 3.88. The Balaban J connectivity index is 2.27. The van der Waals surface area contributed by atoms with Gasteiger partial charge in [0.05, 0.1) is 25.1 Å². The number of hydrogen-bond acceptors (Lipinski definition) is 4. The summed E-state index contributed by atoms with van der Waals surface area (Å²) in [5.41, 5.74) is 0. The van der Waals surface area contributed by atoms with Crippen LogP contribution in [0.5, 0.6) is 0 Å². The van der Waals surface area contributed by atoms with Crippen molar-refractivity contribution in [1.82, 2.24) is 5.32 Å². The van der Waals surface area contributed by atoms with Crippen molar-refractivity contribution >= 4 is 5.84 Å². The van der Waals surface area contributed by atoms with E-state index in [1.807, 2.05) is 0 Å². The Morgan fingerprint density at radius 3 is 2.64 bits per heavy atom. The van der Waals surface area contributed by atoms with Crippen molar-refractivity contribution in [2.24, 2.45) is 4.99 Å². The zero-order valence-electron chi connectivity index (χ0n) is 6.45. The molecule has 64 valence electrons. The van der Waals surface area contributed by atoms with Crippen LogP contribution in [-0.4, -0.2) is 41.8 Å². The lowest BCUT2D eigenvalue weighted by Gasteiger charge is -2.13. The topological polar surface area (TPSA) is 64.8 Å². The second kappa shape index (κ2) is 4.31. The Hall–Kier alpha value is -0.610. The zero-order valence-corrected chi connectivity index (χ0v) is 6.45. The summed E-state index contributed by atoms with van der Waals surface area (Å²) in [6.45, 7) is 0.775. The molecule has 4 heteroatoms. The summed E-state index contributed by atoms with van der Waals surface area (Å²) in [6.07, 6.45) is 2.02. The van der Waals surface area contributed by atoms with Crippen LogP contribution in [0.15, 0.2) is 4.99 Å². The highest BCUT2D eigenvalue weighted by molar-refractivity contribution is 5.83. The van der Waals surface area contributed by atoms with Crippen LogP contribution in [0, 0.1) is 0 Å². The zero-order chi connectivity index (χ0) is 8.10. The van der Waals surface area contributed by atoms with Crippen molar-refractivity contribution < 1.29 is 10.2 Å². The average Bonchev–Trinajstić information content (AvgIpc) is 2.52. The van der Waals surface area contributed by atoms with E-state index in [4.69, 9.17) is 10.2 Å². The molecule has 0 bridgehead atoms. The smallest absolute Gasteiger partial charge is 0.0967 e. The molecular weight excluding hydrogens is 144 g/mol. The van der Waals surface area contributed by atoms with Crippen LogP contribution in [-0.2, 0) is 0 Å². The van der Waals surface area contributed by atoms with Gasteiger partial charge < -0.3 is 15.5 Å². The molecule has 1 rings (SSSR count). The van der Waals surface area contributed by atoms with Crippen molar-refractivity contribution in [3.63, 3.8) is 0 Å². The SMILES string of the molecule is OCC(CO)NC1=NCCC1. The van der Waals surface area contributed by atoms with Gasteiger partial charge in [-0.15, -0.1) is 0 Å². The van der Waals surface area contributed by atoms with Crippen LogP contribution in [0.2, 0.25) is 0 Å². The quantitative estimate of drug-likeness (QED) is 0.500. The molecule has 0 aromatic heterocycles. The summed E-state index contributed by atoms with van der Waals surface area (Å²) in [5.74, 6) is 0.915. The molecule has 0 aromatic carbocycles. The molecule has 1 aliphatic heterocycles. The van der Waals surface area contributed by atoms with Gasteiger partial charge in [0.25, 0.3) is 0 Å². The van der Waals surface area contributed by atoms with E-state index in [1.165, 1.54) is 0 Å². The molecule has 0 aliphatic carbocycles. The maximum atomic E-state index is 8.71. The summed E-state index contributed by atoms with van der Waals surface area (Å²) >= 11 is 0. The van der Waals surface area contributed by atoms with E-state index in [9.17, 15) is 0 Å². The number of aliphatic imine (C=N–C) groups is 1. The minimum atomic E-state index is -0.244. The lowest BCUT2D eigenvalue weighted by Crippen LogP contribution is -2.39. The summed E-state index contributed by atoms with van der Waals surface area (Å²) in [6, 6.07) is -0.244. The number of hydrogen-bond donors (Lipinski definition) is 3. The number of rotatable bonds is 3. The molecule has 0 saturated carbocycles. The molecule has 3 N–H and O–H groups in total. The Kier molecular flexibility index (Phi) is 3.32. The van der Waals surface area contributed by atoms with Crippen LogP contribution in [0.3, 0.4) is 0 Å². The summed E-state index contributed by atoms with van der Waals surface area (Å²) in [7, 11) is 0. The van der Waals surface area contributed by atoms with Crippen LogP contribution < -0.4 is 5.32 Å². The minimum absolute atomic E-state index is 0.0461. The van der Waals surface area contributed by atoms with Gasteiger partial charge in [-0.25, -0.2) is 0 Å². The highest BCUT2D eigenvalue weighted by Crippen LogP contribution is 2.01. The van der Waals surface area contributed by atoms with Crippen LogP contribution in [0.25, 0.3) is 0 Å². The Morgan fingerprint density at radius 2 is 2.18 bits per heavy atom. The van der Waals surface area contributed by atoms with E-state index in [1.54, 1.807) is 0 Å². The summed E-state index contributed by atoms with van der Waals surface area (Å²) in [5, 5.41) is 20.4. The van der Waals surface area contributed by atoms with Gasteiger partial charge in [0.2, 0.25) is 0 Å². The average molecular weight is 158 g/mol. The first-order valence-electron chi connectivity index (χ1n) is 3.88. The van der Waals surface area contributed by atoms with Gasteiger partial charge in [0.15, 0.2) is 0 Å². The van der Waals surface area contributed by atoms with E-state index >= 15 is 0 Å². The molecule has 0 atom stereocenters. The summed E-state index contributed by atoms with van der Waals surface area (Å²) in [4.78, 5) is 4.15. The maximum Gasteiger partial charge on any atom is 0.0967 e. The molecule has 1 heterocycles. The second-order valence-corrected chi connectivity index (χ2v) is 2.64. The third-order valence-electron chi connectivity index (χ3n) is 1.69. The monoisotopic (exact) mass is 158 g/mol. The van der Waals surface area contributed by atoms with E-state index in [-0.39, 0.29) is 19.3 Å². The molecule has 0 saturated heterocycles. The molecule has 0 fully saturated rings. The lowest BCUT2D eigenvalue weighted by atomic mass is 10.3. The Bertz CT molecular complexity index is 143.